The average Bonchev–Trinajstić information content (AvgIpc) is 3.28. The van der Waals surface area contributed by atoms with Crippen molar-refractivity contribution in [3.8, 4) is 0 Å². The fourth-order valence-electron chi connectivity index (χ4n) is 8.62. The molecule has 2 aliphatic rings. The number of rotatable bonds is 18. The first-order valence-corrected chi connectivity index (χ1v) is 28.6. The van der Waals surface area contributed by atoms with E-state index in [-0.39, 0.29) is 11.5 Å². The van der Waals surface area contributed by atoms with Crippen LogP contribution in [0.1, 0.15) is 114 Å². The number of morpholine rings is 2. The van der Waals surface area contributed by atoms with E-state index in [4.69, 9.17) is 79.1 Å². The Morgan fingerprint density at radius 3 is 1.06 bits per heavy atom. The molecule has 8 atom stereocenters. The summed E-state index contributed by atoms with van der Waals surface area (Å²) in [6.07, 6.45) is -4.92. The Kier molecular flexibility index (Phi) is 20.7. The van der Waals surface area contributed by atoms with E-state index in [1.54, 1.807) is 126 Å². The Morgan fingerprint density at radius 2 is 0.806 bits per heavy atom. The van der Waals surface area contributed by atoms with Gasteiger partial charge in [0.15, 0.2) is 19.7 Å². The number of benzene rings is 4. The van der Waals surface area contributed by atoms with E-state index in [1.165, 1.54) is 9.80 Å². The Bertz CT molecular complexity index is 2590. The van der Waals surface area contributed by atoms with Crippen molar-refractivity contribution in [1.29, 1.82) is 0 Å². The molecule has 2 N–H and O–H groups in total. The zero-order valence-corrected chi connectivity index (χ0v) is 46.2. The number of amides is 2. The topological polar surface area (TPSA) is 202 Å². The second-order valence-electron chi connectivity index (χ2n) is 18.1. The first kappa shape index (κ1) is 59.2. The molecule has 2 aliphatic heterocycles. The summed E-state index contributed by atoms with van der Waals surface area (Å²) in [4.78, 5) is 53.7. The van der Waals surface area contributed by atoms with Gasteiger partial charge in [0.05, 0.1) is 46.9 Å². The minimum absolute atomic E-state index is 0.278. The van der Waals surface area contributed by atoms with Crippen LogP contribution in [-0.2, 0) is 48.3 Å². The molecule has 4 aromatic rings. The summed E-state index contributed by atoms with van der Waals surface area (Å²) in [5.41, 5.74) is 2.34. The van der Waals surface area contributed by atoms with Crippen molar-refractivity contribution in [2.75, 3.05) is 11.5 Å². The van der Waals surface area contributed by atoms with Crippen LogP contribution in [0.5, 0.6) is 0 Å². The molecular weight excluding hydrogens is 1100 g/mol. The highest BCUT2D eigenvalue weighted by Crippen LogP contribution is 2.47. The lowest BCUT2D eigenvalue weighted by atomic mass is 9.89. The minimum atomic E-state index is -3.55. The highest BCUT2D eigenvalue weighted by molar-refractivity contribution is 7.92. The quantitative estimate of drug-likeness (QED) is 0.0956. The standard InChI is InChI=1S/2C25H28Cl3NO6S/c2*1-4-20(13-36(33,34)14(2)3)29-23(15-5-7-17(26)8-6-15)24(16-9-18(27)11-19(28)10-16)35-21(25(29)32)12-22(30)31/h2*5-11,14,20-21,23-24H,4,12-13H2,1-3H3,(H,30,31)/t20?,21-,23+,24+;20?,21-,23-,24-/m01/s1. The van der Waals surface area contributed by atoms with Crippen LogP contribution in [0.15, 0.2) is 84.9 Å². The van der Waals surface area contributed by atoms with Crippen LogP contribution in [-0.4, -0.2) is 107 Å². The van der Waals surface area contributed by atoms with Crippen LogP contribution >= 0.6 is 69.6 Å². The monoisotopic (exact) mass is 1150 g/mol. The summed E-state index contributed by atoms with van der Waals surface area (Å²) in [6, 6.07) is 20.2. The van der Waals surface area contributed by atoms with Gasteiger partial charge in [-0.3, -0.25) is 19.2 Å². The molecule has 0 spiro atoms. The van der Waals surface area contributed by atoms with Gasteiger partial charge in [-0.2, -0.15) is 0 Å². The maximum Gasteiger partial charge on any atom is 0.306 e. The molecule has 392 valence electrons. The number of nitrogens with zero attached hydrogens (tertiary/aromatic N) is 2. The molecule has 0 radical (unpaired) electrons. The summed E-state index contributed by atoms with van der Waals surface area (Å²) in [5, 5.41) is 20.0. The predicted molar refractivity (Wildman–Crippen MR) is 281 cm³/mol. The number of carbonyl (C=O) groups excluding carboxylic acids is 2. The zero-order chi connectivity index (χ0) is 53.6. The Labute approximate surface area is 450 Å². The molecule has 0 saturated carbocycles. The van der Waals surface area contributed by atoms with Gasteiger partial charge < -0.3 is 29.5 Å². The van der Waals surface area contributed by atoms with Crippen molar-refractivity contribution in [2.45, 2.75) is 126 Å². The number of carboxylic acids is 2. The van der Waals surface area contributed by atoms with Crippen LogP contribution in [0.4, 0.5) is 0 Å². The van der Waals surface area contributed by atoms with Gasteiger partial charge in [0.25, 0.3) is 11.8 Å². The average molecular weight is 1150 g/mol. The third kappa shape index (κ3) is 14.8. The van der Waals surface area contributed by atoms with Gasteiger partial charge in [0.2, 0.25) is 0 Å². The van der Waals surface area contributed by atoms with E-state index in [9.17, 15) is 46.2 Å². The van der Waals surface area contributed by atoms with Crippen molar-refractivity contribution < 1.29 is 55.7 Å². The molecule has 2 fully saturated rings. The summed E-state index contributed by atoms with van der Waals surface area (Å²) in [6.45, 7) is 9.93. The van der Waals surface area contributed by atoms with Gasteiger partial charge in [-0.05, 0) is 123 Å². The Morgan fingerprint density at radius 1 is 0.514 bits per heavy atom. The predicted octanol–water partition coefficient (Wildman–Crippen LogP) is 11.5. The van der Waals surface area contributed by atoms with Crippen molar-refractivity contribution in [2.24, 2.45) is 0 Å². The second kappa shape index (κ2) is 25.2. The minimum Gasteiger partial charge on any atom is -0.481 e. The normalized spacial score (nSPS) is 21.6. The maximum absolute atomic E-state index is 13.7. The van der Waals surface area contributed by atoms with E-state index >= 15 is 0 Å². The number of aliphatic carboxylic acids is 2. The van der Waals surface area contributed by atoms with E-state index in [2.05, 4.69) is 0 Å². The molecule has 0 aromatic heterocycles. The van der Waals surface area contributed by atoms with Gasteiger partial charge in [-0.1, -0.05) is 108 Å². The summed E-state index contributed by atoms with van der Waals surface area (Å²) >= 11 is 37.3. The van der Waals surface area contributed by atoms with Crippen LogP contribution in [0.2, 0.25) is 30.1 Å². The van der Waals surface area contributed by atoms with Gasteiger partial charge >= 0.3 is 11.9 Å². The largest absolute Gasteiger partial charge is 0.481 e. The molecule has 2 saturated heterocycles. The number of hydrogen-bond donors (Lipinski definition) is 2. The molecule has 0 aliphatic carbocycles. The fraction of sp³-hybridized carbons (Fsp3) is 0.440. The molecule has 0 bridgehead atoms. The second-order valence-corrected chi connectivity index (χ2v) is 25.9. The van der Waals surface area contributed by atoms with Crippen LogP contribution in [0, 0.1) is 0 Å². The number of carboxylic acid groups (broad SMARTS) is 2. The zero-order valence-electron chi connectivity index (χ0n) is 40.1. The lowest BCUT2D eigenvalue weighted by molar-refractivity contribution is -0.182. The summed E-state index contributed by atoms with van der Waals surface area (Å²) < 4.78 is 64.0. The molecule has 22 heteroatoms. The lowest BCUT2D eigenvalue weighted by Crippen LogP contribution is -2.56. The molecule has 72 heavy (non-hydrogen) atoms. The molecule has 2 unspecified atom stereocenters. The Hall–Kier alpha value is -3.68. The number of carbonyl (C=O) groups is 4. The van der Waals surface area contributed by atoms with E-state index < -0.39 is 115 Å². The first-order valence-electron chi connectivity index (χ1n) is 22.9. The fourth-order valence-corrected chi connectivity index (χ4v) is 12.6. The number of sulfone groups is 2. The first-order chi connectivity index (χ1) is 33.7. The van der Waals surface area contributed by atoms with Gasteiger partial charge in [-0.15, -0.1) is 0 Å². The molecule has 6 rings (SSSR count). The summed E-state index contributed by atoms with van der Waals surface area (Å²) in [7, 11) is -7.09. The maximum atomic E-state index is 13.7. The third-order valence-corrected chi connectivity index (χ3v) is 18.4. The molecule has 4 aromatic carbocycles. The van der Waals surface area contributed by atoms with E-state index in [0.29, 0.717) is 65.2 Å². The van der Waals surface area contributed by atoms with Crippen molar-refractivity contribution in [3.05, 3.63) is 137 Å². The molecule has 14 nitrogen and oxygen atoms in total. The van der Waals surface area contributed by atoms with Crippen molar-refractivity contribution >= 4 is 113 Å². The van der Waals surface area contributed by atoms with E-state index in [0.717, 1.165) is 0 Å². The third-order valence-electron chi connectivity index (χ3n) is 12.4. The number of hydrogen-bond acceptors (Lipinski definition) is 10. The van der Waals surface area contributed by atoms with Crippen molar-refractivity contribution in [3.63, 3.8) is 0 Å². The number of halogens is 6. The van der Waals surface area contributed by atoms with Crippen LogP contribution in [0.3, 0.4) is 0 Å². The lowest BCUT2D eigenvalue weighted by Gasteiger charge is -2.48. The highest BCUT2D eigenvalue weighted by Gasteiger charge is 2.50. The Balaban J connectivity index is 0.000000267. The van der Waals surface area contributed by atoms with Crippen LogP contribution in [0.25, 0.3) is 0 Å². The van der Waals surface area contributed by atoms with Gasteiger partial charge in [0.1, 0.15) is 24.4 Å². The van der Waals surface area contributed by atoms with E-state index in [1.807, 2.05) is 0 Å². The van der Waals surface area contributed by atoms with Gasteiger partial charge in [0, 0.05) is 42.2 Å². The molecular formula is C50H56Cl6N2O12S2. The van der Waals surface area contributed by atoms with Crippen LogP contribution < -0.4 is 0 Å². The number of ether oxygens (including phenoxy) is 2. The summed E-state index contributed by atoms with van der Waals surface area (Å²) in [5.74, 6) is -4.17. The van der Waals surface area contributed by atoms with Crippen molar-refractivity contribution in [1.82, 2.24) is 9.80 Å². The molecule has 2 heterocycles. The molecule has 2 amide bonds. The SMILES string of the molecule is CCC(CS(=O)(=O)C(C)C)N1C(=O)[C@@H](CC(=O)O)O[C@H](c2cc(Cl)cc(Cl)c2)[C@H]1c1ccc(Cl)cc1.CCC(CS(=O)(=O)C(C)C)N1C(=O)[C@H](CC(=O)O)O[C@H](c2cc(Cl)cc(Cl)c2)[C@H]1c1ccc(Cl)cc1. The highest BCUT2D eigenvalue weighted by atomic mass is 35.5. The van der Waals surface area contributed by atoms with Gasteiger partial charge in [-0.25, -0.2) is 16.8 Å². The smallest absolute Gasteiger partial charge is 0.306 e.